The molecule has 2 heterocycles. The van der Waals surface area contributed by atoms with Crippen molar-refractivity contribution in [2.24, 2.45) is 0 Å². The Labute approximate surface area is 597 Å². The smallest absolute Gasteiger partial charge is 0.164 e. The van der Waals surface area contributed by atoms with Crippen LogP contribution in [-0.4, -0.2) is 29.9 Å². The van der Waals surface area contributed by atoms with Gasteiger partial charge in [0.05, 0.1) is 0 Å². The van der Waals surface area contributed by atoms with Gasteiger partial charge in [-0.15, -0.1) is 0 Å². The molecule has 0 saturated heterocycles. The second kappa shape index (κ2) is 26.9. The van der Waals surface area contributed by atoms with Crippen LogP contribution in [0.1, 0.15) is 86.5 Å². The molecule has 2 aromatic heterocycles. The molecule has 0 aliphatic heterocycles. The predicted molar refractivity (Wildman–Crippen MR) is 418 cm³/mol. The van der Waals surface area contributed by atoms with Crippen molar-refractivity contribution >= 4 is 0 Å². The van der Waals surface area contributed by atoms with E-state index in [-0.39, 0.29) is 10.8 Å². The highest BCUT2D eigenvalue weighted by atomic mass is 15.0. The van der Waals surface area contributed by atoms with Crippen LogP contribution >= 0.6 is 0 Å². The van der Waals surface area contributed by atoms with E-state index >= 15 is 0 Å². The Morgan fingerprint density at radius 3 is 0.775 bits per heavy atom. The van der Waals surface area contributed by atoms with E-state index in [0.717, 1.165) is 50.1 Å². The number of aromatic nitrogens is 6. The highest BCUT2D eigenvalue weighted by Gasteiger charge is 2.46. The Hall–Kier alpha value is -12.1. The van der Waals surface area contributed by atoms with Crippen LogP contribution in [0.3, 0.4) is 0 Å². The van der Waals surface area contributed by atoms with Gasteiger partial charge in [0, 0.05) is 44.2 Å². The molecule has 0 atom stereocenters. The van der Waals surface area contributed by atoms with Crippen LogP contribution in [0.15, 0.2) is 328 Å². The molecule has 15 aromatic rings. The summed E-state index contributed by atoms with van der Waals surface area (Å²) >= 11 is 0. The number of nitrogens with zero attached hydrogens (tertiary/aromatic N) is 6. The molecule has 19 rings (SSSR count). The summed E-state index contributed by atoms with van der Waals surface area (Å²) in [6.07, 6.45) is 12.6. The van der Waals surface area contributed by atoms with Crippen molar-refractivity contribution in [1.29, 1.82) is 0 Å². The van der Waals surface area contributed by atoms with Gasteiger partial charge < -0.3 is 0 Å². The van der Waals surface area contributed by atoms with E-state index in [1.807, 2.05) is 60.7 Å². The first-order valence-electron chi connectivity index (χ1n) is 36.2. The first-order chi connectivity index (χ1) is 50.5. The molecule has 0 bridgehead atoms. The van der Waals surface area contributed by atoms with E-state index < -0.39 is 0 Å². The third kappa shape index (κ3) is 11.5. The Morgan fingerprint density at radius 2 is 0.402 bits per heavy atom. The Morgan fingerprint density at radius 1 is 0.167 bits per heavy atom. The average Bonchev–Trinajstić information content (AvgIpc) is 1.56. The minimum atomic E-state index is 0.0729. The van der Waals surface area contributed by atoms with E-state index in [1.54, 1.807) is 5.56 Å². The molecule has 2 fully saturated rings. The number of rotatable bonds is 11. The minimum Gasteiger partial charge on any atom is -0.208 e. The molecule has 488 valence electrons. The quantitative estimate of drug-likeness (QED) is 0.128. The molecule has 0 amide bonds. The second-order valence-electron chi connectivity index (χ2n) is 27.8. The fraction of sp³-hybridized carbons (Fsp3) is 0.125. The maximum Gasteiger partial charge on any atom is 0.164 e. The standard InChI is InChI=1S/C51H39N3.C45H35N3/c1-4-13-35(14-5-1)36-23-29-41(30-24-36)49-52-48(40-15-6-2-7-16-40)53-50(54-49)42-31-25-38(26-32-42)37-21-27-39(28-22-37)43-18-12-19-45-44-17-8-9-20-46(44)51(47(43)45)33-10-3-11-34-51;1-4-14-31(15-5-1)32-24-26-34(27-25-32)43-46-42(33-16-6-2-7-17-33)47-44(48-43)36-19-12-18-35(30-36)37-21-13-22-39-38-20-8-9-23-40(38)45(41(37)39)28-10-3-11-29-45/h1-2,4-9,12-32H,3,10-11,33-34H2;1-2,4-9,12-27,30H,3,10-11,28-29H2. The fourth-order valence-electron chi connectivity index (χ4n) is 17.0. The molecule has 4 aliphatic rings. The van der Waals surface area contributed by atoms with Gasteiger partial charge in [-0.3, -0.25) is 0 Å². The van der Waals surface area contributed by atoms with Crippen molar-refractivity contribution in [2.75, 3.05) is 0 Å². The molecule has 2 saturated carbocycles. The summed E-state index contributed by atoms with van der Waals surface area (Å²) in [6.45, 7) is 0. The lowest BCUT2D eigenvalue weighted by atomic mass is 9.66. The first kappa shape index (κ1) is 62.2. The highest BCUT2D eigenvalue weighted by Crippen LogP contribution is 2.60. The number of hydrogen-bond acceptors (Lipinski definition) is 6. The molecule has 2 spiro atoms. The van der Waals surface area contributed by atoms with Crippen molar-refractivity contribution in [3.8, 4) is 146 Å². The summed E-state index contributed by atoms with van der Waals surface area (Å²) in [5.41, 5.74) is 29.9. The molecular weight excluding hydrogens is 1240 g/mol. The summed E-state index contributed by atoms with van der Waals surface area (Å²) in [5.74, 6) is 3.99. The van der Waals surface area contributed by atoms with Crippen molar-refractivity contribution in [3.63, 3.8) is 0 Å². The molecule has 102 heavy (non-hydrogen) atoms. The first-order valence-corrected chi connectivity index (χ1v) is 36.2. The van der Waals surface area contributed by atoms with Crippen molar-refractivity contribution in [1.82, 2.24) is 29.9 Å². The summed E-state index contributed by atoms with van der Waals surface area (Å²) in [7, 11) is 0. The van der Waals surface area contributed by atoms with Gasteiger partial charge in [-0.25, -0.2) is 29.9 Å². The van der Waals surface area contributed by atoms with Crippen molar-refractivity contribution in [3.05, 3.63) is 350 Å². The van der Waals surface area contributed by atoms with Crippen LogP contribution in [-0.2, 0) is 10.8 Å². The van der Waals surface area contributed by atoms with Crippen LogP contribution in [0.5, 0.6) is 0 Å². The highest BCUT2D eigenvalue weighted by molar-refractivity contribution is 5.91. The third-order valence-electron chi connectivity index (χ3n) is 21.9. The molecule has 0 N–H and O–H groups in total. The van der Waals surface area contributed by atoms with Gasteiger partial charge in [0.25, 0.3) is 0 Å². The molecule has 6 nitrogen and oxygen atoms in total. The molecule has 0 unspecified atom stereocenters. The topological polar surface area (TPSA) is 77.3 Å². The van der Waals surface area contributed by atoms with E-state index in [0.29, 0.717) is 34.9 Å². The summed E-state index contributed by atoms with van der Waals surface area (Å²) in [6, 6.07) is 117. The maximum absolute atomic E-state index is 5.10. The summed E-state index contributed by atoms with van der Waals surface area (Å²) in [5, 5.41) is 0. The van der Waals surface area contributed by atoms with E-state index in [2.05, 4.69) is 267 Å². The zero-order valence-corrected chi connectivity index (χ0v) is 56.9. The Bertz CT molecular complexity index is 5530. The second-order valence-corrected chi connectivity index (χ2v) is 27.8. The molecule has 4 aliphatic carbocycles. The number of fused-ring (bicyclic) bond motifs is 10. The summed E-state index contributed by atoms with van der Waals surface area (Å²) in [4.78, 5) is 30.1. The van der Waals surface area contributed by atoms with Gasteiger partial charge in [0.15, 0.2) is 34.9 Å². The van der Waals surface area contributed by atoms with Gasteiger partial charge in [-0.2, -0.15) is 0 Å². The van der Waals surface area contributed by atoms with E-state index in [9.17, 15) is 0 Å². The Kier molecular flexibility index (Phi) is 16.4. The average molecular weight is 1310 g/mol. The van der Waals surface area contributed by atoms with Crippen LogP contribution in [0.25, 0.3) is 146 Å². The molecule has 13 aromatic carbocycles. The monoisotopic (exact) mass is 1310 g/mol. The van der Waals surface area contributed by atoms with Gasteiger partial charge in [0.2, 0.25) is 0 Å². The normalized spacial score (nSPS) is 14.2. The van der Waals surface area contributed by atoms with Gasteiger partial charge in [0.1, 0.15) is 0 Å². The maximum atomic E-state index is 5.10. The number of hydrogen-bond donors (Lipinski definition) is 0. The third-order valence-corrected chi connectivity index (χ3v) is 21.9. The van der Waals surface area contributed by atoms with Crippen molar-refractivity contribution < 1.29 is 0 Å². The summed E-state index contributed by atoms with van der Waals surface area (Å²) < 4.78 is 0. The van der Waals surface area contributed by atoms with Crippen LogP contribution in [0.4, 0.5) is 0 Å². The largest absolute Gasteiger partial charge is 0.208 e. The molecule has 6 heteroatoms. The van der Waals surface area contributed by atoms with Crippen LogP contribution in [0, 0.1) is 0 Å². The van der Waals surface area contributed by atoms with Gasteiger partial charge in [-0.1, -0.05) is 360 Å². The zero-order chi connectivity index (χ0) is 67.8. The number of benzene rings is 13. The molecular formula is C96H74N6. The fourth-order valence-corrected chi connectivity index (χ4v) is 17.0. The zero-order valence-electron chi connectivity index (χ0n) is 56.9. The van der Waals surface area contributed by atoms with Crippen molar-refractivity contribution in [2.45, 2.75) is 75.0 Å². The van der Waals surface area contributed by atoms with E-state index in [1.165, 1.54) is 142 Å². The van der Waals surface area contributed by atoms with Crippen LogP contribution < -0.4 is 0 Å². The molecule has 0 radical (unpaired) electrons. The lowest BCUT2D eigenvalue weighted by Gasteiger charge is -2.37. The minimum absolute atomic E-state index is 0.0729. The lowest BCUT2D eigenvalue weighted by Crippen LogP contribution is -2.28. The van der Waals surface area contributed by atoms with Crippen LogP contribution in [0.2, 0.25) is 0 Å². The SMILES string of the molecule is c1ccc(-c2ccc(-c3nc(-c4ccccc4)nc(-c4ccc(-c5ccc(-c6cccc7c6C6(CCCCC6)c6ccccc6-7)cc5)cc4)n3)cc2)cc1.c1ccc(-c2ccc(-c3nc(-c4ccccc4)nc(-c4cccc(-c5cccc6c5C5(CCCCC5)c5ccccc5-6)c4)n3)cc2)cc1. The van der Waals surface area contributed by atoms with E-state index in [4.69, 9.17) is 29.9 Å². The van der Waals surface area contributed by atoms with Gasteiger partial charge >= 0.3 is 0 Å². The predicted octanol–water partition coefficient (Wildman–Crippen LogP) is 24.5. The van der Waals surface area contributed by atoms with Gasteiger partial charge in [-0.05, 0) is 132 Å². The lowest BCUT2D eigenvalue weighted by molar-refractivity contribution is 0.353. The Balaban J connectivity index is 0.000000147.